The molecule has 1 aliphatic heterocycles. The number of methoxy groups -OCH3 is 3. The van der Waals surface area contributed by atoms with Crippen LogP contribution in [0.15, 0.2) is 52.9 Å². The second-order valence-electron chi connectivity index (χ2n) is 6.27. The van der Waals surface area contributed by atoms with Gasteiger partial charge in [-0.05, 0) is 49.0 Å². The van der Waals surface area contributed by atoms with E-state index in [1.165, 1.54) is 18.9 Å². The van der Waals surface area contributed by atoms with E-state index < -0.39 is 0 Å². The quantitative estimate of drug-likeness (QED) is 0.489. The van der Waals surface area contributed by atoms with Gasteiger partial charge in [0.2, 0.25) is 5.75 Å². The SMILES string of the molecule is C=CCN1C(=O)/C(=C/c2ccc(OC)c(OC)c2OC)S/C1=N/c1cccc(C)n1. The Kier molecular flexibility index (Phi) is 6.79. The highest BCUT2D eigenvalue weighted by Gasteiger charge is 2.33. The molecule has 7 nitrogen and oxygen atoms in total. The molecule has 0 unspecified atom stereocenters. The third kappa shape index (κ3) is 4.33. The van der Waals surface area contributed by atoms with Crippen molar-refractivity contribution in [2.45, 2.75) is 6.92 Å². The molecular weight excluding hydrogens is 402 g/mol. The number of carbonyl (C=O) groups is 1. The molecule has 2 heterocycles. The fraction of sp³-hybridized carbons (Fsp3) is 0.227. The zero-order valence-corrected chi connectivity index (χ0v) is 18.2. The number of ether oxygens (including phenoxy) is 3. The van der Waals surface area contributed by atoms with Crippen LogP contribution in [0, 0.1) is 6.92 Å². The molecule has 0 radical (unpaired) electrons. The molecule has 1 aromatic heterocycles. The number of amidine groups is 1. The second-order valence-corrected chi connectivity index (χ2v) is 7.28. The molecule has 0 spiro atoms. The van der Waals surface area contributed by atoms with Crippen LogP contribution in [0.1, 0.15) is 11.3 Å². The maximum absolute atomic E-state index is 13.0. The highest BCUT2D eigenvalue weighted by molar-refractivity contribution is 8.18. The second kappa shape index (κ2) is 9.49. The van der Waals surface area contributed by atoms with Crippen molar-refractivity contribution < 1.29 is 19.0 Å². The molecule has 0 aliphatic carbocycles. The summed E-state index contributed by atoms with van der Waals surface area (Å²) in [5, 5.41) is 0.545. The van der Waals surface area contributed by atoms with Crippen LogP contribution in [0.2, 0.25) is 0 Å². The average Bonchev–Trinajstić information content (AvgIpc) is 3.02. The van der Waals surface area contributed by atoms with E-state index in [4.69, 9.17) is 14.2 Å². The normalized spacial score (nSPS) is 16.3. The fourth-order valence-electron chi connectivity index (χ4n) is 2.95. The van der Waals surface area contributed by atoms with Gasteiger partial charge in [0.15, 0.2) is 22.5 Å². The Labute approximate surface area is 180 Å². The Balaban J connectivity index is 2.04. The van der Waals surface area contributed by atoms with Crippen molar-refractivity contribution in [1.82, 2.24) is 9.88 Å². The molecule has 8 heteroatoms. The Hall–Kier alpha value is -3.26. The zero-order valence-electron chi connectivity index (χ0n) is 17.3. The third-order valence-corrected chi connectivity index (χ3v) is 5.31. The molecule has 0 saturated carbocycles. The lowest BCUT2D eigenvalue weighted by Gasteiger charge is -2.14. The first-order chi connectivity index (χ1) is 14.5. The van der Waals surface area contributed by atoms with Crippen LogP contribution in [-0.2, 0) is 4.79 Å². The molecule has 1 amide bonds. The van der Waals surface area contributed by atoms with E-state index in [1.807, 2.05) is 25.1 Å². The number of nitrogens with zero attached hydrogens (tertiary/aromatic N) is 3. The Morgan fingerprint density at radius 1 is 1.13 bits per heavy atom. The minimum Gasteiger partial charge on any atom is -0.493 e. The Morgan fingerprint density at radius 2 is 1.90 bits per heavy atom. The summed E-state index contributed by atoms with van der Waals surface area (Å²) in [5.74, 6) is 1.87. The van der Waals surface area contributed by atoms with Gasteiger partial charge < -0.3 is 14.2 Å². The number of aromatic nitrogens is 1. The lowest BCUT2D eigenvalue weighted by molar-refractivity contribution is -0.121. The molecule has 156 valence electrons. The van der Waals surface area contributed by atoms with Crippen molar-refractivity contribution >= 4 is 34.7 Å². The number of amides is 1. The molecule has 1 fully saturated rings. The van der Waals surface area contributed by atoms with Gasteiger partial charge in [0.05, 0.1) is 26.2 Å². The number of rotatable bonds is 7. The molecule has 30 heavy (non-hydrogen) atoms. The summed E-state index contributed by atoms with van der Waals surface area (Å²) in [6.07, 6.45) is 3.42. The summed E-state index contributed by atoms with van der Waals surface area (Å²) in [6.45, 7) is 5.99. The van der Waals surface area contributed by atoms with Gasteiger partial charge in [-0.15, -0.1) is 6.58 Å². The number of hydrogen-bond donors (Lipinski definition) is 0. The summed E-state index contributed by atoms with van der Waals surface area (Å²) in [4.78, 5) is 24.1. The van der Waals surface area contributed by atoms with E-state index in [2.05, 4.69) is 16.6 Å². The smallest absolute Gasteiger partial charge is 0.267 e. The van der Waals surface area contributed by atoms with Crippen LogP contribution in [0.3, 0.4) is 0 Å². The predicted octanol–water partition coefficient (Wildman–Crippen LogP) is 4.21. The average molecular weight is 426 g/mol. The Bertz CT molecular complexity index is 1030. The number of thioether (sulfide) groups is 1. The van der Waals surface area contributed by atoms with Gasteiger partial charge in [0.25, 0.3) is 5.91 Å². The summed E-state index contributed by atoms with van der Waals surface area (Å²) in [6, 6.07) is 9.16. The number of aliphatic imine (C=N–C) groups is 1. The number of hydrogen-bond acceptors (Lipinski definition) is 7. The molecular formula is C22H23N3O4S. The molecule has 2 aromatic rings. The first-order valence-corrected chi connectivity index (χ1v) is 9.97. The third-order valence-electron chi connectivity index (χ3n) is 4.30. The topological polar surface area (TPSA) is 73.2 Å². The summed E-state index contributed by atoms with van der Waals surface area (Å²) >= 11 is 1.28. The first kappa shape index (κ1) is 21.4. The molecule has 0 atom stereocenters. The van der Waals surface area contributed by atoms with Crippen molar-refractivity contribution in [2.75, 3.05) is 27.9 Å². The van der Waals surface area contributed by atoms with Crippen molar-refractivity contribution in [3.05, 3.63) is 59.1 Å². The number of aryl methyl sites for hydroxylation is 1. The first-order valence-electron chi connectivity index (χ1n) is 9.16. The molecule has 1 saturated heterocycles. The van der Waals surface area contributed by atoms with E-state index in [9.17, 15) is 4.79 Å². The van der Waals surface area contributed by atoms with Crippen molar-refractivity contribution in [2.24, 2.45) is 4.99 Å². The largest absolute Gasteiger partial charge is 0.493 e. The van der Waals surface area contributed by atoms with Crippen molar-refractivity contribution in [1.29, 1.82) is 0 Å². The van der Waals surface area contributed by atoms with Crippen LogP contribution >= 0.6 is 11.8 Å². The van der Waals surface area contributed by atoms with Gasteiger partial charge >= 0.3 is 0 Å². The van der Waals surface area contributed by atoms with Crippen LogP contribution in [0.5, 0.6) is 17.2 Å². The molecule has 1 aromatic carbocycles. The van der Waals surface area contributed by atoms with Crippen LogP contribution in [0.4, 0.5) is 5.82 Å². The number of benzene rings is 1. The van der Waals surface area contributed by atoms with E-state index in [-0.39, 0.29) is 5.91 Å². The molecule has 0 N–H and O–H groups in total. The van der Waals surface area contributed by atoms with E-state index in [1.54, 1.807) is 43.4 Å². The zero-order chi connectivity index (χ0) is 21.7. The van der Waals surface area contributed by atoms with Crippen molar-refractivity contribution in [3.63, 3.8) is 0 Å². The van der Waals surface area contributed by atoms with Crippen LogP contribution in [0.25, 0.3) is 6.08 Å². The van der Waals surface area contributed by atoms with Gasteiger partial charge in [-0.2, -0.15) is 0 Å². The van der Waals surface area contributed by atoms with Gasteiger partial charge in [-0.25, -0.2) is 9.98 Å². The minimum atomic E-state index is -0.164. The highest BCUT2D eigenvalue weighted by atomic mass is 32.2. The molecule has 1 aliphatic rings. The Morgan fingerprint density at radius 3 is 2.53 bits per heavy atom. The van der Waals surface area contributed by atoms with Gasteiger partial charge in [-0.3, -0.25) is 9.69 Å². The summed E-state index contributed by atoms with van der Waals surface area (Å²) < 4.78 is 16.3. The minimum absolute atomic E-state index is 0.164. The lowest BCUT2D eigenvalue weighted by atomic mass is 10.1. The van der Waals surface area contributed by atoms with E-state index in [0.717, 1.165) is 5.69 Å². The number of carbonyl (C=O) groups excluding carboxylic acids is 1. The van der Waals surface area contributed by atoms with Gasteiger partial charge in [0.1, 0.15) is 0 Å². The van der Waals surface area contributed by atoms with Crippen LogP contribution in [-0.4, -0.2) is 48.8 Å². The van der Waals surface area contributed by atoms with Gasteiger partial charge in [-0.1, -0.05) is 12.1 Å². The fourth-order valence-corrected chi connectivity index (χ4v) is 3.94. The highest BCUT2D eigenvalue weighted by Crippen LogP contribution is 2.42. The summed E-state index contributed by atoms with van der Waals surface area (Å²) in [5.41, 5.74) is 1.55. The molecule has 0 bridgehead atoms. The lowest BCUT2D eigenvalue weighted by Crippen LogP contribution is -2.29. The van der Waals surface area contributed by atoms with Crippen LogP contribution < -0.4 is 14.2 Å². The van der Waals surface area contributed by atoms with E-state index in [0.29, 0.717) is 45.2 Å². The van der Waals surface area contributed by atoms with Gasteiger partial charge in [0, 0.05) is 17.8 Å². The molecule has 3 rings (SSSR count). The monoisotopic (exact) mass is 425 g/mol. The summed E-state index contributed by atoms with van der Waals surface area (Å²) in [7, 11) is 4.64. The van der Waals surface area contributed by atoms with E-state index >= 15 is 0 Å². The maximum atomic E-state index is 13.0. The standard InChI is InChI=1S/C22H23N3O4S/c1-6-12-25-21(26)17(30-22(25)24-18-9-7-8-14(2)23-18)13-15-10-11-16(27-3)20(29-5)19(15)28-4/h6-11,13H,1,12H2,2-5H3/b17-13-,24-22+. The maximum Gasteiger partial charge on any atom is 0.267 e. The predicted molar refractivity (Wildman–Crippen MR) is 120 cm³/mol. The number of pyridine rings is 1. The van der Waals surface area contributed by atoms with Crippen molar-refractivity contribution in [3.8, 4) is 17.2 Å².